The summed E-state index contributed by atoms with van der Waals surface area (Å²) in [6, 6.07) is 8.75. The molecule has 3 nitrogen and oxygen atoms in total. The van der Waals surface area contributed by atoms with Crippen LogP contribution >= 0.6 is 0 Å². The van der Waals surface area contributed by atoms with Crippen LogP contribution in [0.3, 0.4) is 0 Å². The number of rotatable bonds is 3. The van der Waals surface area contributed by atoms with Gasteiger partial charge in [-0.3, -0.25) is 0 Å². The van der Waals surface area contributed by atoms with E-state index in [1.54, 1.807) is 0 Å². The molecule has 106 valence electrons. The van der Waals surface area contributed by atoms with Crippen molar-refractivity contribution in [3.8, 4) is 0 Å². The van der Waals surface area contributed by atoms with Crippen LogP contribution in [0.25, 0.3) is 0 Å². The fourth-order valence-corrected chi connectivity index (χ4v) is 3.01. The zero-order valence-corrected chi connectivity index (χ0v) is 12.6. The molecule has 0 spiro atoms. The lowest BCUT2D eigenvalue weighted by Gasteiger charge is -2.48. The Bertz CT molecular complexity index is 407. The Labute approximate surface area is 116 Å². The van der Waals surface area contributed by atoms with E-state index in [4.69, 9.17) is 10.5 Å². The normalized spacial score (nSPS) is 21.4. The molecule has 1 aliphatic rings. The van der Waals surface area contributed by atoms with Crippen LogP contribution in [-0.2, 0) is 11.2 Å². The smallest absolute Gasteiger partial charge is 0.0808 e. The molecule has 1 aliphatic heterocycles. The predicted molar refractivity (Wildman–Crippen MR) is 80.7 cm³/mol. The van der Waals surface area contributed by atoms with Crippen molar-refractivity contribution in [1.82, 2.24) is 0 Å². The van der Waals surface area contributed by atoms with Crippen LogP contribution in [0.1, 0.15) is 33.3 Å². The van der Waals surface area contributed by atoms with E-state index < -0.39 is 0 Å². The first kappa shape index (κ1) is 14.4. The molecule has 1 aromatic rings. The molecule has 1 aromatic carbocycles. The number of nitrogens with two attached hydrogens (primary N) is 1. The van der Waals surface area contributed by atoms with Gasteiger partial charge in [-0.15, -0.1) is 0 Å². The molecule has 19 heavy (non-hydrogen) atoms. The average molecular weight is 262 g/mol. The lowest BCUT2D eigenvalue weighted by atomic mass is 9.98. The molecule has 0 radical (unpaired) electrons. The SMILES string of the molecule is CC1(C)CN(c2ccc(CCN)cc2)CC(C)(C)O1. The second-order valence-corrected chi connectivity index (χ2v) is 6.68. The third kappa shape index (κ3) is 3.71. The first-order valence-corrected chi connectivity index (χ1v) is 7.05. The largest absolute Gasteiger partial charge is 0.366 e. The molecule has 1 heterocycles. The Morgan fingerprint density at radius 1 is 1.05 bits per heavy atom. The van der Waals surface area contributed by atoms with E-state index in [0.29, 0.717) is 6.54 Å². The Hall–Kier alpha value is -1.06. The van der Waals surface area contributed by atoms with E-state index in [0.717, 1.165) is 19.5 Å². The lowest BCUT2D eigenvalue weighted by Crippen LogP contribution is -2.57. The van der Waals surface area contributed by atoms with Gasteiger partial charge in [0, 0.05) is 18.8 Å². The molecule has 0 atom stereocenters. The molecule has 0 aliphatic carbocycles. The van der Waals surface area contributed by atoms with Crippen LogP contribution < -0.4 is 10.6 Å². The maximum absolute atomic E-state index is 6.12. The maximum atomic E-state index is 6.12. The minimum atomic E-state index is -0.113. The summed E-state index contributed by atoms with van der Waals surface area (Å²) in [5.74, 6) is 0. The number of nitrogens with zero attached hydrogens (tertiary/aromatic N) is 1. The van der Waals surface area contributed by atoms with Crippen LogP contribution in [0, 0.1) is 0 Å². The molecule has 2 rings (SSSR count). The average Bonchev–Trinajstić information content (AvgIpc) is 2.26. The summed E-state index contributed by atoms with van der Waals surface area (Å²) in [6.07, 6.45) is 0.945. The highest BCUT2D eigenvalue weighted by Gasteiger charge is 2.38. The van der Waals surface area contributed by atoms with Gasteiger partial charge in [0.15, 0.2) is 0 Å². The van der Waals surface area contributed by atoms with E-state index in [2.05, 4.69) is 56.9 Å². The van der Waals surface area contributed by atoms with Gasteiger partial charge in [0.1, 0.15) is 0 Å². The highest BCUT2D eigenvalue weighted by atomic mass is 16.5. The first-order chi connectivity index (χ1) is 8.81. The summed E-state index contributed by atoms with van der Waals surface area (Å²) in [5, 5.41) is 0. The van der Waals surface area contributed by atoms with Crippen LogP contribution in [0.15, 0.2) is 24.3 Å². The summed E-state index contributed by atoms with van der Waals surface area (Å²) in [6.45, 7) is 11.2. The first-order valence-electron chi connectivity index (χ1n) is 7.05. The Morgan fingerprint density at radius 2 is 1.58 bits per heavy atom. The number of benzene rings is 1. The van der Waals surface area contributed by atoms with E-state index >= 15 is 0 Å². The molecular weight excluding hydrogens is 236 g/mol. The minimum absolute atomic E-state index is 0.113. The van der Waals surface area contributed by atoms with Gasteiger partial charge in [-0.05, 0) is 58.4 Å². The van der Waals surface area contributed by atoms with E-state index in [9.17, 15) is 0 Å². The molecule has 0 saturated carbocycles. The molecule has 0 aromatic heterocycles. The van der Waals surface area contributed by atoms with Crippen molar-refractivity contribution in [3.63, 3.8) is 0 Å². The van der Waals surface area contributed by atoms with Crippen molar-refractivity contribution < 1.29 is 4.74 Å². The molecular formula is C16H26N2O. The zero-order valence-electron chi connectivity index (χ0n) is 12.6. The Morgan fingerprint density at radius 3 is 2.05 bits per heavy atom. The Kier molecular flexibility index (Phi) is 3.88. The Balaban J connectivity index is 2.16. The summed E-state index contributed by atoms with van der Waals surface area (Å²) < 4.78 is 6.12. The standard InChI is InChI=1S/C16H26N2O/c1-15(2)11-18(12-16(3,4)19-15)14-7-5-13(6-8-14)9-10-17/h5-8H,9-12,17H2,1-4H3. The molecule has 3 heteroatoms. The number of hydrogen-bond acceptors (Lipinski definition) is 3. The van der Waals surface area contributed by atoms with Crippen molar-refractivity contribution in [2.45, 2.75) is 45.3 Å². The molecule has 1 saturated heterocycles. The van der Waals surface area contributed by atoms with Gasteiger partial charge in [0.2, 0.25) is 0 Å². The van der Waals surface area contributed by atoms with Crippen LogP contribution in [0.4, 0.5) is 5.69 Å². The van der Waals surface area contributed by atoms with E-state index in [-0.39, 0.29) is 11.2 Å². The van der Waals surface area contributed by atoms with Gasteiger partial charge in [-0.1, -0.05) is 12.1 Å². The second kappa shape index (κ2) is 5.14. The van der Waals surface area contributed by atoms with Crippen LogP contribution in [-0.4, -0.2) is 30.8 Å². The third-order valence-electron chi connectivity index (χ3n) is 3.43. The number of morpholine rings is 1. The van der Waals surface area contributed by atoms with Crippen LogP contribution in [0.5, 0.6) is 0 Å². The summed E-state index contributed by atoms with van der Waals surface area (Å²) in [7, 11) is 0. The third-order valence-corrected chi connectivity index (χ3v) is 3.43. The highest BCUT2D eigenvalue weighted by Crippen LogP contribution is 2.31. The number of anilines is 1. The van der Waals surface area contributed by atoms with Gasteiger partial charge in [-0.2, -0.15) is 0 Å². The van der Waals surface area contributed by atoms with Gasteiger partial charge in [0.25, 0.3) is 0 Å². The number of hydrogen-bond donors (Lipinski definition) is 1. The van der Waals surface area contributed by atoms with Gasteiger partial charge in [0.05, 0.1) is 11.2 Å². The fraction of sp³-hybridized carbons (Fsp3) is 0.625. The molecule has 0 bridgehead atoms. The van der Waals surface area contributed by atoms with Crippen molar-refractivity contribution in [3.05, 3.63) is 29.8 Å². The van der Waals surface area contributed by atoms with Crippen molar-refractivity contribution in [2.24, 2.45) is 5.73 Å². The predicted octanol–water partition coefficient (Wildman–Crippen LogP) is 2.58. The van der Waals surface area contributed by atoms with Gasteiger partial charge < -0.3 is 15.4 Å². The summed E-state index contributed by atoms with van der Waals surface area (Å²) in [4.78, 5) is 2.41. The molecule has 1 fully saturated rings. The van der Waals surface area contributed by atoms with E-state index in [1.165, 1.54) is 11.3 Å². The quantitative estimate of drug-likeness (QED) is 0.910. The van der Waals surface area contributed by atoms with Crippen LogP contribution in [0.2, 0.25) is 0 Å². The topological polar surface area (TPSA) is 38.5 Å². The highest BCUT2D eigenvalue weighted by molar-refractivity contribution is 5.49. The fourth-order valence-electron chi connectivity index (χ4n) is 3.01. The molecule has 0 amide bonds. The van der Waals surface area contributed by atoms with Crippen molar-refractivity contribution in [2.75, 3.05) is 24.5 Å². The van der Waals surface area contributed by atoms with Crippen molar-refractivity contribution >= 4 is 5.69 Å². The zero-order chi connectivity index (χ0) is 14.1. The number of ether oxygens (including phenoxy) is 1. The monoisotopic (exact) mass is 262 g/mol. The van der Waals surface area contributed by atoms with Gasteiger partial charge in [-0.25, -0.2) is 0 Å². The van der Waals surface area contributed by atoms with E-state index in [1.807, 2.05) is 0 Å². The maximum Gasteiger partial charge on any atom is 0.0808 e. The minimum Gasteiger partial charge on any atom is -0.366 e. The van der Waals surface area contributed by atoms with Crippen molar-refractivity contribution in [1.29, 1.82) is 0 Å². The molecule has 0 unspecified atom stereocenters. The molecule has 2 N–H and O–H groups in total. The summed E-state index contributed by atoms with van der Waals surface area (Å²) in [5.41, 5.74) is 7.93. The second-order valence-electron chi connectivity index (χ2n) is 6.68. The summed E-state index contributed by atoms with van der Waals surface area (Å²) >= 11 is 0. The lowest BCUT2D eigenvalue weighted by molar-refractivity contribution is -0.133. The van der Waals surface area contributed by atoms with Gasteiger partial charge >= 0.3 is 0 Å².